The van der Waals surface area contributed by atoms with Crippen LogP contribution in [-0.2, 0) is 14.6 Å². The van der Waals surface area contributed by atoms with Crippen molar-refractivity contribution in [3.8, 4) is 0 Å². The van der Waals surface area contributed by atoms with Gasteiger partial charge in [-0.05, 0) is 18.6 Å². The lowest BCUT2D eigenvalue weighted by Gasteiger charge is -2.37. The summed E-state index contributed by atoms with van der Waals surface area (Å²) in [6.07, 6.45) is 5.23. The van der Waals surface area contributed by atoms with Crippen molar-refractivity contribution in [2.75, 3.05) is 30.9 Å². The largest absolute Gasteiger partial charge is 0.377 e. The van der Waals surface area contributed by atoms with Crippen molar-refractivity contribution in [1.29, 1.82) is 0 Å². The van der Waals surface area contributed by atoms with Gasteiger partial charge in [-0.2, -0.15) is 0 Å². The van der Waals surface area contributed by atoms with Gasteiger partial charge in [0.25, 0.3) is 5.91 Å². The summed E-state index contributed by atoms with van der Waals surface area (Å²) in [4.78, 5) is 22.8. The third kappa shape index (κ3) is 5.99. The van der Waals surface area contributed by atoms with Crippen molar-refractivity contribution in [1.82, 2.24) is 15.3 Å². The number of nitrogens with one attached hydrogen (secondary N) is 1. The molecule has 1 fully saturated rings. The van der Waals surface area contributed by atoms with E-state index in [-0.39, 0.29) is 16.8 Å². The van der Waals surface area contributed by atoms with Gasteiger partial charge in [-0.15, -0.1) is 0 Å². The first kappa shape index (κ1) is 23.1. The molecule has 0 aliphatic carbocycles. The fraction of sp³-hybridized carbons (Fsp3) is 0.350. The highest BCUT2D eigenvalue weighted by atomic mass is 35.5. The SMILES string of the molecule is C[C@H](/C=C/S(C)(=O)=O)NC(=O)c1cnc(N2CCOC[C@@H]2c2cccc(F)c2Cl)cn1. The Labute approximate surface area is 185 Å². The van der Waals surface area contributed by atoms with Gasteiger partial charge in [0.05, 0.1) is 36.7 Å². The maximum atomic E-state index is 13.9. The average Bonchev–Trinajstić information content (AvgIpc) is 2.74. The van der Waals surface area contributed by atoms with Crippen LogP contribution in [-0.4, -0.2) is 56.3 Å². The van der Waals surface area contributed by atoms with Crippen molar-refractivity contribution in [2.45, 2.75) is 19.0 Å². The molecule has 0 bridgehead atoms. The van der Waals surface area contributed by atoms with Gasteiger partial charge < -0.3 is 15.0 Å². The number of morpholine rings is 1. The van der Waals surface area contributed by atoms with Gasteiger partial charge >= 0.3 is 0 Å². The normalized spacial score (nSPS) is 18.2. The second-order valence-electron chi connectivity index (χ2n) is 7.11. The van der Waals surface area contributed by atoms with Gasteiger partial charge in [0, 0.05) is 24.3 Å². The number of nitrogens with zero attached hydrogens (tertiary/aromatic N) is 3. The number of hydrogen-bond acceptors (Lipinski definition) is 7. The molecule has 1 saturated heterocycles. The Balaban J connectivity index is 1.75. The standard InChI is InChI=1S/C20H22ClFN4O4S/c1-13(6-9-31(2,28)29)25-20(27)16-10-24-18(11-23-16)26-7-8-30-12-17(26)14-4-3-5-15(22)19(14)21/h3-6,9-11,13,17H,7-8,12H2,1-2H3,(H,25,27)/b9-6+/t13-,17-/m1/s1. The molecule has 0 spiro atoms. The molecule has 166 valence electrons. The van der Waals surface area contributed by atoms with Gasteiger partial charge in [-0.1, -0.05) is 29.8 Å². The topological polar surface area (TPSA) is 101 Å². The monoisotopic (exact) mass is 468 g/mol. The molecule has 2 atom stereocenters. The highest BCUT2D eigenvalue weighted by Crippen LogP contribution is 2.33. The molecule has 1 aliphatic heterocycles. The number of anilines is 1. The number of sulfone groups is 1. The fourth-order valence-electron chi connectivity index (χ4n) is 3.09. The van der Waals surface area contributed by atoms with Gasteiger partial charge in [-0.3, -0.25) is 4.79 Å². The minimum atomic E-state index is -3.28. The van der Waals surface area contributed by atoms with Crippen LogP contribution in [0.25, 0.3) is 0 Å². The Hall–Kier alpha value is -2.56. The summed E-state index contributed by atoms with van der Waals surface area (Å²) in [5, 5.41) is 3.69. The Kier molecular flexibility index (Phi) is 7.24. The second-order valence-corrected chi connectivity index (χ2v) is 9.42. The van der Waals surface area contributed by atoms with Crippen LogP contribution < -0.4 is 10.2 Å². The molecule has 8 nitrogen and oxygen atoms in total. The third-order valence-electron chi connectivity index (χ3n) is 4.61. The molecule has 0 saturated carbocycles. The molecule has 3 rings (SSSR count). The lowest BCUT2D eigenvalue weighted by molar-refractivity contribution is 0.0930. The highest BCUT2D eigenvalue weighted by Gasteiger charge is 2.28. The lowest BCUT2D eigenvalue weighted by atomic mass is 10.0. The maximum Gasteiger partial charge on any atom is 0.271 e. The molecule has 1 aromatic heterocycles. The number of carbonyl (C=O) groups is 1. The van der Waals surface area contributed by atoms with Crippen molar-refractivity contribution < 1.29 is 22.3 Å². The quantitative estimate of drug-likeness (QED) is 0.695. The van der Waals surface area contributed by atoms with Crippen LogP contribution in [0.15, 0.2) is 42.1 Å². The number of halogens is 2. The van der Waals surface area contributed by atoms with Crippen molar-refractivity contribution >= 4 is 33.2 Å². The molecule has 1 aromatic carbocycles. The van der Waals surface area contributed by atoms with Gasteiger partial charge in [-0.25, -0.2) is 22.8 Å². The van der Waals surface area contributed by atoms with Crippen molar-refractivity contribution in [2.24, 2.45) is 0 Å². The van der Waals surface area contributed by atoms with E-state index >= 15 is 0 Å². The molecule has 11 heteroatoms. The Bertz CT molecular complexity index is 1080. The molecule has 0 radical (unpaired) electrons. The average molecular weight is 469 g/mol. The molecule has 0 unspecified atom stereocenters. The van der Waals surface area contributed by atoms with E-state index < -0.39 is 27.6 Å². The Morgan fingerprint density at radius 2 is 2.16 bits per heavy atom. The predicted octanol–water partition coefficient (Wildman–Crippen LogP) is 2.52. The van der Waals surface area contributed by atoms with Crippen LogP contribution in [0.1, 0.15) is 29.0 Å². The summed E-state index contributed by atoms with van der Waals surface area (Å²) in [5.74, 6) is -0.506. The van der Waals surface area contributed by atoms with Crippen LogP contribution in [0.2, 0.25) is 5.02 Å². The van der Waals surface area contributed by atoms with E-state index in [4.69, 9.17) is 16.3 Å². The third-order valence-corrected chi connectivity index (χ3v) is 5.66. The molecule has 1 N–H and O–H groups in total. The van der Waals surface area contributed by atoms with E-state index in [1.165, 1.54) is 24.5 Å². The van der Waals surface area contributed by atoms with Gasteiger partial charge in [0.1, 0.15) is 17.3 Å². The minimum Gasteiger partial charge on any atom is -0.377 e. The lowest BCUT2D eigenvalue weighted by Crippen LogP contribution is -2.40. The first-order valence-corrected chi connectivity index (χ1v) is 11.8. The van der Waals surface area contributed by atoms with E-state index in [1.807, 2.05) is 4.90 Å². The summed E-state index contributed by atoms with van der Waals surface area (Å²) >= 11 is 6.16. The summed E-state index contributed by atoms with van der Waals surface area (Å²) in [6, 6.07) is 3.74. The van der Waals surface area contributed by atoms with Crippen LogP contribution >= 0.6 is 11.6 Å². The zero-order chi connectivity index (χ0) is 22.6. The van der Waals surface area contributed by atoms with E-state index in [0.29, 0.717) is 31.1 Å². The molecule has 31 heavy (non-hydrogen) atoms. The van der Waals surface area contributed by atoms with E-state index in [9.17, 15) is 17.6 Å². The number of benzene rings is 1. The molecule has 1 amide bonds. The fourth-order valence-corrected chi connectivity index (χ4v) is 3.86. The number of hydrogen-bond donors (Lipinski definition) is 1. The zero-order valence-electron chi connectivity index (χ0n) is 17.0. The number of amides is 1. The highest BCUT2D eigenvalue weighted by molar-refractivity contribution is 7.93. The number of aromatic nitrogens is 2. The minimum absolute atomic E-state index is 0.0306. The number of carbonyl (C=O) groups excluding carboxylic acids is 1. The van der Waals surface area contributed by atoms with Crippen molar-refractivity contribution in [3.63, 3.8) is 0 Å². The summed E-state index contributed by atoms with van der Waals surface area (Å²) in [7, 11) is -3.28. The molecule has 2 aromatic rings. The van der Waals surface area contributed by atoms with Crippen LogP contribution in [0, 0.1) is 5.82 Å². The Morgan fingerprint density at radius 3 is 2.84 bits per heavy atom. The summed E-state index contributed by atoms with van der Waals surface area (Å²) in [6.45, 7) is 2.89. The second kappa shape index (κ2) is 9.71. The molecule has 1 aliphatic rings. The van der Waals surface area contributed by atoms with E-state index in [1.54, 1.807) is 19.1 Å². The first-order chi connectivity index (χ1) is 14.7. The van der Waals surface area contributed by atoms with Crippen LogP contribution in [0.3, 0.4) is 0 Å². The smallest absolute Gasteiger partial charge is 0.271 e. The maximum absolute atomic E-state index is 13.9. The van der Waals surface area contributed by atoms with E-state index in [0.717, 1.165) is 11.7 Å². The van der Waals surface area contributed by atoms with Crippen molar-refractivity contribution in [3.05, 3.63) is 64.2 Å². The van der Waals surface area contributed by atoms with Crippen LogP contribution in [0.4, 0.5) is 10.2 Å². The number of rotatable bonds is 6. The van der Waals surface area contributed by atoms with E-state index in [2.05, 4.69) is 15.3 Å². The number of ether oxygens (including phenoxy) is 1. The molecular weight excluding hydrogens is 447 g/mol. The summed E-state index contributed by atoms with van der Waals surface area (Å²) < 4.78 is 41.8. The first-order valence-electron chi connectivity index (χ1n) is 9.45. The van der Waals surface area contributed by atoms with Crippen LogP contribution in [0.5, 0.6) is 0 Å². The summed E-state index contributed by atoms with van der Waals surface area (Å²) in [5.41, 5.74) is 0.661. The molecule has 2 heterocycles. The Morgan fingerprint density at radius 1 is 1.39 bits per heavy atom. The van der Waals surface area contributed by atoms with Gasteiger partial charge in [0.15, 0.2) is 9.84 Å². The van der Waals surface area contributed by atoms with Gasteiger partial charge in [0.2, 0.25) is 0 Å². The molecular formula is C20H22ClFN4O4S. The predicted molar refractivity (Wildman–Crippen MR) is 115 cm³/mol. The zero-order valence-corrected chi connectivity index (χ0v) is 18.5.